The number of carbonyl (C=O) groups is 2. The molecule has 0 saturated carbocycles. The molecule has 2 aliphatic rings. The van der Waals surface area contributed by atoms with Crippen LogP contribution in [-0.4, -0.2) is 41.8 Å². The first-order valence-corrected chi connectivity index (χ1v) is 7.66. The van der Waals surface area contributed by atoms with Crippen LogP contribution in [0.4, 0.5) is 0 Å². The van der Waals surface area contributed by atoms with Gasteiger partial charge in [-0.05, 0) is 30.7 Å². The van der Waals surface area contributed by atoms with Crippen LogP contribution in [0, 0.1) is 10.1 Å². The van der Waals surface area contributed by atoms with Crippen molar-refractivity contribution in [2.24, 2.45) is 0 Å². The van der Waals surface area contributed by atoms with Gasteiger partial charge in [0, 0.05) is 23.5 Å². The Bertz CT molecular complexity index is 746. The molecule has 1 saturated heterocycles. The van der Waals surface area contributed by atoms with Crippen LogP contribution in [0.3, 0.4) is 0 Å². The number of nitrogens with one attached hydrogen (secondary N) is 1. The largest absolute Gasteiger partial charge is 0.454 e. The summed E-state index contributed by atoms with van der Waals surface area (Å²) in [5.74, 6) is -0.310. The van der Waals surface area contributed by atoms with Crippen LogP contribution in [0.1, 0.15) is 18.9 Å². The van der Waals surface area contributed by atoms with Crippen molar-refractivity contribution in [1.29, 1.82) is 0 Å². The summed E-state index contributed by atoms with van der Waals surface area (Å²) < 4.78 is 15.6. The molecular formula is C16H16N2O7. The second kappa shape index (κ2) is 6.80. The minimum atomic E-state index is -1.60. The summed E-state index contributed by atoms with van der Waals surface area (Å²) in [5, 5.41) is 13.5. The van der Waals surface area contributed by atoms with Gasteiger partial charge in [0.15, 0.2) is 17.6 Å². The van der Waals surface area contributed by atoms with Gasteiger partial charge in [-0.2, -0.15) is 0 Å². The van der Waals surface area contributed by atoms with Crippen LogP contribution in [-0.2, 0) is 14.3 Å². The van der Waals surface area contributed by atoms with Crippen molar-refractivity contribution in [3.63, 3.8) is 0 Å². The molecule has 1 fully saturated rings. The van der Waals surface area contributed by atoms with Gasteiger partial charge in [-0.25, -0.2) is 4.79 Å². The maximum atomic E-state index is 12.0. The minimum Gasteiger partial charge on any atom is -0.454 e. The highest BCUT2D eigenvalue weighted by atomic mass is 16.7. The third kappa shape index (κ3) is 3.70. The Kier molecular flexibility index (Phi) is 4.55. The van der Waals surface area contributed by atoms with Crippen molar-refractivity contribution in [2.45, 2.75) is 31.5 Å². The zero-order valence-corrected chi connectivity index (χ0v) is 13.3. The highest BCUT2D eigenvalue weighted by Crippen LogP contribution is 2.32. The van der Waals surface area contributed by atoms with Crippen molar-refractivity contribution in [3.05, 3.63) is 40.0 Å². The molecule has 3 rings (SSSR count). The van der Waals surface area contributed by atoms with Crippen LogP contribution < -0.4 is 14.8 Å². The van der Waals surface area contributed by atoms with Gasteiger partial charge in [-0.3, -0.25) is 14.9 Å². The fraction of sp³-hybridized carbons (Fsp3) is 0.375. The van der Waals surface area contributed by atoms with Gasteiger partial charge >= 0.3 is 12.0 Å². The van der Waals surface area contributed by atoms with Gasteiger partial charge in [0.05, 0.1) is 0 Å². The van der Waals surface area contributed by atoms with E-state index in [-0.39, 0.29) is 19.3 Å². The maximum absolute atomic E-state index is 12.0. The number of nitrogens with zero attached hydrogens (tertiary/aromatic N) is 1. The van der Waals surface area contributed by atoms with E-state index in [4.69, 9.17) is 14.2 Å². The van der Waals surface area contributed by atoms with E-state index in [0.29, 0.717) is 17.1 Å². The quantitative estimate of drug-likeness (QED) is 0.372. The molecule has 1 aromatic rings. The number of piperidine rings is 1. The summed E-state index contributed by atoms with van der Waals surface area (Å²) in [6.45, 7) is 1.84. The number of hydrogen-bond acceptors (Lipinski definition) is 7. The van der Waals surface area contributed by atoms with E-state index < -0.39 is 28.9 Å². The van der Waals surface area contributed by atoms with Gasteiger partial charge in [0.2, 0.25) is 6.79 Å². The fourth-order valence-electron chi connectivity index (χ4n) is 2.75. The average molecular weight is 348 g/mol. The molecule has 9 heteroatoms. The zero-order chi connectivity index (χ0) is 18.0. The van der Waals surface area contributed by atoms with Gasteiger partial charge in [-0.1, -0.05) is 6.07 Å². The van der Waals surface area contributed by atoms with E-state index >= 15 is 0 Å². The van der Waals surface area contributed by atoms with E-state index in [1.165, 1.54) is 6.08 Å². The Morgan fingerprint density at radius 3 is 2.92 bits per heavy atom. The number of esters is 1. The fourth-order valence-corrected chi connectivity index (χ4v) is 2.75. The predicted octanol–water partition coefficient (Wildman–Crippen LogP) is 0.894. The molecule has 2 heterocycles. The second-order valence-corrected chi connectivity index (χ2v) is 5.80. The molecule has 1 aromatic carbocycles. The molecule has 0 aliphatic carbocycles. The Morgan fingerprint density at radius 2 is 2.16 bits per heavy atom. The number of ether oxygens (including phenoxy) is 3. The van der Waals surface area contributed by atoms with E-state index in [9.17, 15) is 19.7 Å². The monoisotopic (exact) mass is 348 g/mol. The molecule has 0 aromatic heterocycles. The number of benzene rings is 1. The molecule has 9 nitrogen and oxygen atoms in total. The topological polar surface area (TPSA) is 117 Å². The molecule has 1 amide bonds. The van der Waals surface area contributed by atoms with Crippen molar-refractivity contribution in [2.75, 3.05) is 6.79 Å². The summed E-state index contributed by atoms with van der Waals surface area (Å²) >= 11 is 0. The van der Waals surface area contributed by atoms with Crippen molar-refractivity contribution >= 4 is 18.0 Å². The molecule has 132 valence electrons. The first-order valence-electron chi connectivity index (χ1n) is 7.66. The number of rotatable bonds is 4. The zero-order valence-electron chi connectivity index (χ0n) is 13.3. The van der Waals surface area contributed by atoms with Crippen molar-refractivity contribution in [1.82, 2.24) is 5.32 Å². The maximum Gasteiger partial charge on any atom is 0.331 e. The van der Waals surface area contributed by atoms with Crippen molar-refractivity contribution < 1.29 is 28.7 Å². The number of carbonyl (C=O) groups excluding carboxylic acids is 2. The highest BCUT2D eigenvalue weighted by Gasteiger charge is 2.46. The molecule has 0 radical (unpaired) electrons. The van der Waals surface area contributed by atoms with Crippen molar-refractivity contribution in [3.8, 4) is 11.5 Å². The standard InChI is InChI=1S/C16H16N2O7/c1-9-6-13(15(18(21)22)16(20)17-9)25-14(19)5-3-10-2-4-11-12(7-10)24-8-23-11/h2-5,7,9,13,15H,6,8H2,1H3,(H,17,20)/b5-3+. The molecule has 3 unspecified atom stereocenters. The normalized spacial score (nSPS) is 24.8. The first-order chi connectivity index (χ1) is 11.9. The first kappa shape index (κ1) is 16.7. The SMILES string of the molecule is CC1CC(OC(=O)/C=C/c2ccc3c(c2)OCO3)C([N+](=O)[O-])C(=O)N1. The number of fused-ring (bicyclic) bond motifs is 1. The number of nitro groups is 1. The van der Waals surface area contributed by atoms with Gasteiger partial charge < -0.3 is 19.5 Å². The smallest absolute Gasteiger partial charge is 0.331 e. The molecule has 2 aliphatic heterocycles. The minimum absolute atomic E-state index is 0.148. The average Bonchev–Trinajstić information content (AvgIpc) is 2.99. The lowest BCUT2D eigenvalue weighted by molar-refractivity contribution is -0.520. The molecule has 25 heavy (non-hydrogen) atoms. The van der Waals surface area contributed by atoms with E-state index in [1.54, 1.807) is 25.1 Å². The van der Waals surface area contributed by atoms with Crippen LogP contribution in [0.2, 0.25) is 0 Å². The van der Waals surface area contributed by atoms with E-state index in [0.717, 1.165) is 6.08 Å². The summed E-state index contributed by atoms with van der Waals surface area (Å²) in [6.07, 6.45) is 1.73. The lowest BCUT2D eigenvalue weighted by Gasteiger charge is -2.28. The summed E-state index contributed by atoms with van der Waals surface area (Å²) in [7, 11) is 0. The van der Waals surface area contributed by atoms with Crippen LogP contribution in [0.15, 0.2) is 24.3 Å². The number of hydrogen-bond donors (Lipinski definition) is 1. The summed E-state index contributed by atoms with van der Waals surface area (Å²) in [5.41, 5.74) is 0.682. The van der Waals surface area contributed by atoms with E-state index in [2.05, 4.69) is 5.32 Å². The Morgan fingerprint density at radius 1 is 1.40 bits per heavy atom. The molecule has 0 bridgehead atoms. The Balaban J connectivity index is 1.66. The Labute approximate surface area is 142 Å². The molecular weight excluding hydrogens is 332 g/mol. The van der Waals surface area contributed by atoms with Crippen LogP contribution in [0.25, 0.3) is 6.08 Å². The third-order valence-electron chi connectivity index (χ3n) is 3.90. The predicted molar refractivity (Wildman–Crippen MR) is 84.5 cm³/mol. The molecule has 0 spiro atoms. The van der Waals surface area contributed by atoms with Gasteiger partial charge in [0.25, 0.3) is 5.91 Å². The van der Waals surface area contributed by atoms with E-state index in [1.807, 2.05) is 0 Å². The van der Waals surface area contributed by atoms with Crippen LogP contribution >= 0.6 is 0 Å². The molecule has 1 N–H and O–H groups in total. The summed E-state index contributed by atoms with van der Waals surface area (Å²) in [4.78, 5) is 34.0. The van der Waals surface area contributed by atoms with Crippen LogP contribution in [0.5, 0.6) is 11.5 Å². The second-order valence-electron chi connectivity index (χ2n) is 5.80. The lowest BCUT2D eigenvalue weighted by Crippen LogP contribution is -2.57. The highest BCUT2D eigenvalue weighted by molar-refractivity contribution is 5.88. The van der Waals surface area contributed by atoms with Gasteiger partial charge in [0.1, 0.15) is 0 Å². The summed E-state index contributed by atoms with van der Waals surface area (Å²) in [6, 6.07) is 3.23. The lowest BCUT2D eigenvalue weighted by atomic mass is 9.98. The van der Waals surface area contributed by atoms with Gasteiger partial charge in [-0.15, -0.1) is 0 Å². The Hall–Kier alpha value is -3.10. The molecule has 3 atom stereocenters. The third-order valence-corrected chi connectivity index (χ3v) is 3.90. The number of amides is 1.